The van der Waals surface area contributed by atoms with E-state index >= 15 is 0 Å². The third-order valence-corrected chi connectivity index (χ3v) is 8.25. The molecule has 0 spiro atoms. The van der Waals surface area contributed by atoms with Gasteiger partial charge < -0.3 is 9.47 Å². The molecule has 0 aromatic heterocycles. The van der Waals surface area contributed by atoms with Crippen LogP contribution in [-0.4, -0.2) is 73.9 Å². The summed E-state index contributed by atoms with van der Waals surface area (Å²) >= 11 is 1.15. The molecule has 1 aliphatic heterocycles. The number of benzene rings is 2. The molecule has 2 aromatic carbocycles. The third kappa shape index (κ3) is 7.05. The topological polar surface area (TPSA) is 76.2 Å². The van der Waals surface area contributed by atoms with Crippen LogP contribution in [0.25, 0.3) is 0 Å². The average molecular weight is 479 g/mol. The van der Waals surface area contributed by atoms with E-state index in [4.69, 9.17) is 9.47 Å². The second-order valence-corrected chi connectivity index (χ2v) is 10.7. The number of carbonyl (C=O) groups is 1. The van der Waals surface area contributed by atoms with Crippen LogP contribution in [0.2, 0.25) is 0 Å². The van der Waals surface area contributed by atoms with E-state index in [1.165, 1.54) is 11.2 Å². The molecule has 32 heavy (non-hydrogen) atoms. The highest BCUT2D eigenvalue weighted by atomic mass is 32.2. The SMILES string of the molecule is CC(=O)SC[C@H](C)N(CCN1CCOCC1)S(=O)(=O)c1ccc(Oc2ccccc2)cc1. The van der Waals surface area contributed by atoms with Crippen molar-refractivity contribution < 1.29 is 22.7 Å². The van der Waals surface area contributed by atoms with Crippen molar-refractivity contribution in [1.82, 2.24) is 9.21 Å². The van der Waals surface area contributed by atoms with Gasteiger partial charge in [0.1, 0.15) is 11.5 Å². The van der Waals surface area contributed by atoms with Crippen LogP contribution in [0.3, 0.4) is 0 Å². The summed E-state index contributed by atoms with van der Waals surface area (Å²) in [5, 5.41) is -0.0233. The van der Waals surface area contributed by atoms with E-state index < -0.39 is 10.0 Å². The van der Waals surface area contributed by atoms with E-state index in [1.807, 2.05) is 37.3 Å². The molecule has 1 saturated heterocycles. The third-order valence-electron chi connectivity index (χ3n) is 5.17. The van der Waals surface area contributed by atoms with Gasteiger partial charge in [-0.2, -0.15) is 4.31 Å². The quantitative estimate of drug-likeness (QED) is 0.518. The number of ether oxygens (including phenoxy) is 2. The lowest BCUT2D eigenvalue weighted by atomic mass is 10.3. The Bertz CT molecular complexity index is 962. The summed E-state index contributed by atoms with van der Waals surface area (Å²) in [7, 11) is -3.74. The Morgan fingerprint density at radius 3 is 2.34 bits per heavy atom. The van der Waals surface area contributed by atoms with Crippen molar-refractivity contribution in [2.75, 3.05) is 45.1 Å². The Kier molecular flexibility index (Phi) is 9.12. The van der Waals surface area contributed by atoms with Gasteiger partial charge in [-0.3, -0.25) is 9.69 Å². The van der Waals surface area contributed by atoms with Gasteiger partial charge in [0.05, 0.1) is 18.1 Å². The molecule has 7 nitrogen and oxygen atoms in total. The Labute approximate surface area is 194 Å². The molecule has 0 N–H and O–H groups in total. The molecule has 1 heterocycles. The highest BCUT2D eigenvalue weighted by molar-refractivity contribution is 8.13. The molecule has 9 heteroatoms. The minimum atomic E-state index is -3.74. The summed E-state index contributed by atoms with van der Waals surface area (Å²) in [4.78, 5) is 13.9. The van der Waals surface area contributed by atoms with E-state index in [1.54, 1.807) is 24.3 Å². The number of morpholine rings is 1. The molecule has 3 rings (SSSR count). The molecule has 0 unspecified atom stereocenters. The first-order valence-corrected chi connectivity index (χ1v) is 13.1. The zero-order valence-corrected chi connectivity index (χ0v) is 20.1. The maximum atomic E-state index is 13.5. The van der Waals surface area contributed by atoms with Crippen molar-refractivity contribution in [1.29, 1.82) is 0 Å². The van der Waals surface area contributed by atoms with Crippen LogP contribution in [-0.2, 0) is 19.6 Å². The number of hydrogen-bond acceptors (Lipinski definition) is 7. The van der Waals surface area contributed by atoms with Gasteiger partial charge in [0, 0.05) is 44.9 Å². The molecular formula is C23H30N2O5S2. The van der Waals surface area contributed by atoms with Gasteiger partial charge in [0.25, 0.3) is 0 Å². The van der Waals surface area contributed by atoms with E-state index in [9.17, 15) is 13.2 Å². The standard InChI is InChI=1S/C23H30N2O5S2/c1-19(18-31-20(2)26)25(13-12-24-14-16-29-17-15-24)32(27,28)23-10-8-22(9-11-23)30-21-6-4-3-5-7-21/h3-11,19H,12-18H2,1-2H3/t19-/m0/s1. The Morgan fingerprint density at radius 1 is 1.09 bits per heavy atom. The van der Waals surface area contributed by atoms with Crippen molar-refractivity contribution in [3.8, 4) is 11.5 Å². The first-order valence-electron chi connectivity index (χ1n) is 10.6. The smallest absolute Gasteiger partial charge is 0.243 e. The number of thioether (sulfide) groups is 1. The maximum Gasteiger partial charge on any atom is 0.243 e. The number of carbonyl (C=O) groups excluding carboxylic acids is 1. The summed E-state index contributed by atoms with van der Waals surface area (Å²) in [6, 6.07) is 15.5. The fourth-order valence-electron chi connectivity index (χ4n) is 3.40. The predicted octanol–water partition coefficient (Wildman–Crippen LogP) is 3.47. The van der Waals surface area contributed by atoms with Crippen LogP contribution in [0, 0.1) is 0 Å². The average Bonchev–Trinajstić information content (AvgIpc) is 2.79. The monoisotopic (exact) mass is 478 g/mol. The van der Waals surface area contributed by atoms with Crippen LogP contribution in [0.5, 0.6) is 11.5 Å². The fraction of sp³-hybridized carbons (Fsp3) is 0.435. The largest absolute Gasteiger partial charge is 0.457 e. The molecular weight excluding hydrogens is 448 g/mol. The summed E-state index contributed by atoms with van der Waals surface area (Å²) in [5.74, 6) is 1.66. The van der Waals surface area contributed by atoms with Gasteiger partial charge in [0.2, 0.25) is 10.0 Å². The van der Waals surface area contributed by atoms with Crippen molar-refractivity contribution >= 4 is 26.9 Å². The molecule has 1 fully saturated rings. The van der Waals surface area contributed by atoms with Crippen molar-refractivity contribution in [3.63, 3.8) is 0 Å². The molecule has 174 valence electrons. The van der Waals surface area contributed by atoms with Crippen molar-refractivity contribution in [2.45, 2.75) is 24.8 Å². The highest BCUT2D eigenvalue weighted by Gasteiger charge is 2.30. The van der Waals surface area contributed by atoms with E-state index in [0.717, 1.165) is 24.9 Å². The van der Waals surface area contributed by atoms with Gasteiger partial charge in [-0.05, 0) is 43.3 Å². The number of hydrogen-bond donors (Lipinski definition) is 0. The van der Waals surface area contributed by atoms with Crippen LogP contribution in [0.4, 0.5) is 0 Å². The first-order chi connectivity index (χ1) is 15.4. The Morgan fingerprint density at radius 2 is 1.72 bits per heavy atom. The minimum Gasteiger partial charge on any atom is -0.457 e. The lowest BCUT2D eigenvalue weighted by molar-refractivity contribution is -0.109. The van der Waals surface area contributed by atoms with Gasteiger partial charge >= 0.3 is 0 Å². The molecule has 1 aliphatic rings. The maximum absolute atomic E-state index is 13.5. The summed E-state index contributed by atoms with van der Waals surface area (Å²) in [6.07, 6.45) is 0. The Hall–Kier alpha value is -1.91. The molecule has 0 amide bonds. The molecule has 1 atom stereocenters. The second kappa shape index (κ2) is 11.8. The second-order valence-electron chi connectivity index (χ2n) is 7.61. The van der Waals surface area contributed by atoms with E-state index in [2.05, 4.69) is 4.90 Å². The summed E-state index contributed by atoms with van der Waals surface area (Å²) in [5.41, 5.74) is 0. The van der Waals surface area contributed by atoms with Crippen molar-refractivity contribution in [3.05, 3.63) is 54.6 Å². The molecule has 2 aromatic rings. The lowest BCUT2D eigenvalue weighted by Crippen LogP contribution is -2.46. The lowest BCUT2D eigenvalue weighted by Gasteiger charge is -2.32. The van der Waals surface area contributed by atoms with Gasteiger partial charge in [-0.1, -0.05) is 30.0 Å². The van der Waals surface area contributed by atoms with E-state index in [-0.39, 0.29) is 16.1 Å². The van der Waals surface area contributed by atoms with Gasteiger partial charge in [-0.25, -0.2) is 8.42 Å². The minimum absolute atomic E-state index is 0.0233. The first kappa shape index (κ1) is 24.7. The fourth-order valence-corrected chi connectivity index (χ4v) is 5.77. The van der Waals surface area contributed by atoms with E-state index in [0.29, 0.717) is 43.6 Å². The van der Waals surface area contributed by atoms with Gasteiger partial charge in [-0.15, -0.1) is 0 Å². The van der Waals surface area contributed by atoms with Crippen LogP contribution in [0.15, 0.2) is 59.5 Å². The van der Waals surface area contributed by atoms with Gasteiger partial charge in [0.15, 0.2) is 5.12 Å². The molecule has 0 radical (unpaired) electrons. The normalized spacial score (nSPS) is 16.1. The van der Waals surface area contributed by atoms with Crippen LogP contribution in [0.1, 0.15) is 13.8 Å². The number of nitrogens with zero attached hydrogens (tertiary/aromatic N) is 2. The molecule has 0 saturated carbocycles. The number of rotatable bonds is 10. The molecule has 0 aliphatic carbocycles. The van der Waals surface area contributed by atoms with Crippen LogP contribution >= 0.6 is 11.8 Å². The zero-order chi connectivity index (χ0) is 23.0. The zero-order valence-electron chi connectivity index (χ0n) is 18.5. The molecule has 0 bridgehead atoms. The van der Waals surface area contributed by atoms with Crippen molar-refractivity contribution in [2.24, 2.45) is 0 Å². The number of sulfonamides is 1. The Balaban J connectivity index is 1.75. The predicted molar refractivity (Wildman–Crippen MR) is 127 cm³/mol. The summed E-state index contributed by atoms with van der Waals surface area (Å²) in [6.45, 7) is 7.20. The summed E-state index contributed by atoms with van der Waals surface area (Å²) < 4.78 is 39.7. The number of para-hydroxylation sites is 1. The highest BCUT2D eigenvalue weighted by Crippen LogP contribution is 2.25. The van der Waals surface area contributed by atoms with Crippen LogP contribution < -0.4 is 4.74 Å².